The van der Waals surface area contributed by atoms with Crippen LogP contribution in [-0.4, -0.2) is 17.6 Å². The molecule has 0 fully saturated rings. The molecule has 1 aromatic carbocycles. The van der Waals surface area contributed by atoms with Gasteiger partial charge < -0.3 is 9.84 Å². The fourth-order valence-electron chi connectivity index (χ4n) is 1.30. The summed E-state index contributed by atoms with van der Waals surface area (Å²) in [4.78, 5) is 0. The maximum Gasteiger partial charge on any atom is 0.214 e. The van der Waals surface area contributed by atoms with Crippen LogP contribution >= 0.6 is 12.4 Å². The number of aliphatic hydroxyl groups is 1. The predicted molar refractivity (Wildman–Crippen MR) is 62.7 cm³/mol. The summed E-state index contributed by atoms with van der Waals surface area (Å²) < 4.78 is 18.0. The summed E-state index contributed by atoms with van der Waals surface area (Å²) >= 11 is 0. The van der Waals surface area contributed by atoms with Crippen molar-refractivity contribution in [2.75, 3.05) is 6.61 Å². The Labute approximate surface area is 100 Å². The van der Waals surface area contributed by atoms with Gasteiger partial charge in [-0.1, -0.05) is 12.1 Å². The van der Waals surface area contributed by atoms with Crippen LogP contribution in [0.2, 0.25) is 0 Å². The fourth-order valence-corrected chi connectivity index (χ4v) is 1.30. The number of halogens is 2. The monoisotopic (exact) mass is 247 g/mol. The lowest BCUT2D eigenvalue weighted by Gasteiger charge is -2.14. The zero-order valence-corrected chi connectivity index (χ0v) is 9.97. The minimum Gasteiger partial charge on any atom is -0.479 e. The van der Waals surface area contributed by atoms with Gasteiger partial charge in [-0.3, -0.25) is 5.41 Å². The second kappa shape index (κ2) is 6.45. The summed E-state index contributed by atoms with van der Waals surface area (Å²) in [5.41, 5.74) is 0.711. The van der Waals surface area contributed by atoms with E-state index in [9.17, 15) is 9.50 Å². The molecule has 0 spiro atoms. The zero-order chi connectivity index (χ0) is 11.4. The standard InChI is InChI=1S/C11H14FNO2.ClH/c1-3-15-11(13)10(14)8-5-4-6-9(12)7(8)2;/h4-6,10,13-14H,3H2,1-2H3;1H. The summed E-state index contributed by atoms with van der Waals surface area (Å²) in [6.07, 6.45) is -1.19. The van der Waals surface area contributed by atoms with Crippen LogP contribution in [0.5, 0.6) is 0 Å². The smallest absolute Gasteiger partial charge is 0.214 e. The molecule has 0 saturated heterocycles. The SMILES string of the molecule is CCOC(=N)C(O)c1cccc(F)c1C.Cl. The Balaban J connectivity index is 0.00000225. The maximum atomic E-state index is 13.2. The highest BCUT2D eigenvalue weighted by molar-refractivity contribution is 5.85. The van der Waals surface area contributed by atoms with Crippen molar-refractivity contribution in [2.45, 2.75) is 20.0 Å². The second-order valence-electron chi connectivity index (χ2n) is 3.15. The van der Waals surface area contributed by atoms with E-state index in [-0.39, 0.29) is 18.3 Å². The molecule has 0 heterocycles. The molecule has 2 N–H and O–H groups in total. The third-order valence-electron chi connectivity index (χ3n) is 2.15. The fraction of sp³-hybridized carbons (Fsp3) is 0.364. The Bertz CT molecular complexity index is 371. The summed E-state index contributed by atoms with van der Waals surface area (Å²) in [5, 5.41) is 17.1. The van der Waals surface area contributed by atoms with E-state index < -0.39 is 11.9 Å². The van der Waals surface area contributed by atoms with Crippen LogP contribution in [0, 0.1) is 18.2 Å². The van der Waals surface area contributed by atoms with E-state index in [4.69, 9.17) is 10.1 Å². The van der Waals surface area contributed by atoms with Crippen LogP contribution in [0.3, 0.4) is 0 Å². The summed E-state index contributed by atoms with van der Waals surface area (Å²) in [7, 11) is 0. The van der Waals surface area contributed by atoms with E-state index in [1.165, 1.54) is 12.1 Å². The molecule has 0 saturated carbocycles. The number of ether oxygens (including phenoxy) is 1. The van der Waals surface area contributed by atoms with Crippen LogP contribution in [0.25, 0.3) is 0 Å². The van der Waals surface area contributed by atoms with Gasteiger partial charge in [0, 0.05) is 0 Å². The van der Waals surface area contributed by atoms with Crippen LogP contribution in [-0.2, 0) is 4.74 Å². The molecular weight excluding hydrogens is 233 g/mol. The Hall–Kier alpha value is -1.13. The van der Waals surface area contributed by atoms with Crippen LogP contribution < -0.4 is 0 Å². The Morgan fingerprint density at radius 3 is 2.75 bits per heavy atom. The number of aliphatic hydroxyl groups excluding tert-OH is 1. The highest BCUT2D eigenvalue weighted by Gasteiger charge is 2.18. The molecule has 0 aliphatic rings. The van der Waals surface area contributed by atoms with Crippen molar-refractivity contribution in [3.05, 3.63) is 35.1 Å². The molecule has 1 unspecified atom stereocenters. The number of nitrogens with one attached hydrogen (secondary N) is 1. The van der Waals surface area contributed by atoms with Gasteiger partial charge in [-0.15, -0.1) is 12.4 Å². The van der Waals surface area contributed by atoms with Crippen molar-refractivity contribution in [2.24, 2.45) is 0 Å². The lowest BCUT2D eigenvalue weighted by molar-refractivity contribution is 0.189. The number of hydrogen-bond donors (Lipinski definition) is 2. The summed E-state index contributed by atoms with van der Waals surface area (Å²) in [6.45, 7) is 3.59. The zero-order valence-electron chi connectivity index (χ0n) is 9.16. The van der Waals surface area contributed by atoms with Crippen molar-refractivity contribution in [3.63, 3.8) is 0 Å². The molecular formula is C11H15ClFNO2. The van der Waals surface area contributed by atoms with Gasteiger partial charge in [0.05, 0.1) is 6.61 Å². The average molecular weight is 248 g/mol. The molecule has 0 aliphatic heterocycles. The van der Waals surface area contributed by atoms with Crippen molar-refractivity contribution < 1.29 is 14.2 Å². The van der Waals surface area contributed by atoms with Gasteiger partial charge in [-0.05, 0) is 31.0 Å². The Morgan fingerprint density at radius 1 is 1.56 bits per heavy atom. The molecule has 0 amide bonds. The first kappa shape index (κ1) is 14.9. The van der Waals surface area contributed by atoms with E-state index >= 15 is 0 Å². The van der Waals surface area contributed by atoms with Gasteiger partial charge in [0.25, 0.3) is 0 Å². The van der Waals surface area contributed by atoms with Gasteiger partial charge in [0.2, 0.25) is 5.90 Å². The lowest BCUT2D eigenvalue weighted by atomic mass is 10.0. The Kier molecular flexibility index (Phi) is 6.00. The molecule has 3 nitrogen and oxygen atoms in total. The van der Waals surface area contributed by atoms with Crippen LogP contribution in [0.4, 0.5) is 4.39 Å². The summed E-state index contributed by atoms with van der Waals surface area (Å²) in [6, 6.07) is 4.40. The van der Waals surface area contributed by atoms with Gasteiger partial charge in [-0.2, -0.15) is 0 Å². The third-order valence-corrected chi connectivity index (χ3v) is 2.15. The normalized spacial score (nSPS) is 11.5. The molecule has 5 heteroatoms. The quantitative estimate of drug-likeness (QED) is 0.637. The van der Waals surface area contributed by atoms with Crippen molar-refractivity contribution in [1.29, 1.82) is 5.41 Å². The van der Waals surface area contributed by atoms with Gasteiger partial charge in [0.1, 0.15) is 5.82 Å². The molecule has 0 bridgehead atoms. The van der Waals surface area contributed by atoms with Crippen LogP contribution in [0.15, 0.2) is 18.2 Å². The molecule has 90 valence electrons. The Morgan fingerprint density at radius 2 is 2.19 bits per heavy atom. The highest BCUT2D eigenvalue weighted by Crippen LogP contribution is 2.20. The maximum absolute atomic E-state index is 13.2. The average Bonchev–Trinajstić information content (AvgIpc) is 2.21. The molecule has 0 aromatic heterocycles. The van der Waals surface area contributed by atoms with Crippen LogP contribution in [0.1, 0.15) is 24.2 Å². The highest BCUT2D eigenvalue weighted by atomic mass is 35.5. The number of benzene rings is 1. The lowest BCUT2D eigenvalue weighted by Crippen LogP contribution is -2.16. The van der Waals surface area contributed by atoms with E-state index in [1.54, 1.807) is 19.9 Å². The first-order chi connectivity index (χ1) is 7.07. The molecule has 1 rings (SSSR count). The van der Waals surface area contributed by atoms with Gasteiger partial charge in [0.15, 0.2) is 6.10 Å². The van der Waals surface area contributed by atoms with E-state index in [1.807, 2.05) is 0 Å². The second-order valence-corrected chi connectivity index (χ2v) is 3.15. The molecule has 16 heavy (non-hydrogen) atoms. The summed E-state index contributed by atoms with van der Waals surface area (Å²) in [5.74, 6) is -0.651. The van der Waals surface area contributed by atoms with E-state index in [2.05, 4.69) is 0 Å². The minimum absolute atomic E-state index is 0. The van der Waals surface area contributed by atoms with Crippen molar-refractivity contribution in [3.8, 4) is 0 Å². The molecule has 0 aliphatic carbocycles. The van der Waals surface area contributed by atoms with Crippen molar-refractivity contribution in [1.82, 2.24) is 0 Å². The number of rotatable bonds is 3. The van der Waals surface area contributed by atoms with E-state index in [0.29, 0.717) is 17.7 Å². The number of hydrogen-bond acceptors (Lipinski definition) is 3. The molecule has 1 atom stereocenters. The molecule has 0 radical (unpaired) electrons. The first-order valence-electron chi connectivity index (χ1n) is 4.72. The molecule has 1 aromatic rings. The topological polar surface area (TPSA) is 53.3 Å². The van der Waals surface area contributed by atoms with Gasteiger partial charge in [-0.25, -0.2) is 4.39 Å². The predicted octanol–water partition coefficient (Wildman–Crippen LogP) is 2.60. The van der Waals surface area contributed by atoms with Crippen molar-refractivity contribution >= 4 is 18.3 Å². The first-order valence-corrected chi connectivity index (χ1v) is 4.72. The third kappa shape index (κ3) is 3.18. The largest absolute Gasteiger partial charge is 0.479 e. The minimum atomic E-state index is -1.19. The van der Waals surface area contributed by atoms with E-state index in [0.717, 1.165) is 0 Å². The van der Waals surface area contributed by atoms with Gasteiger partial charge >= 0.3 is 0 Å².